The normalized spacial score (nSPS) is 11.3. The van der Waals surface area contributed by atoms with Crippen LogP contribution in [0.3, 0.4) is 0 Å². The maximum absolute atomic E-state index is 5.99. The Bertz CT molecular complexity index is 729. The number of aromatic nitrogens is 3. The van der Waals surface area contributed by atoms with Crippen molar-refractivity contribution in [3.05, 3.63) is 47.1 Å². The molecular weight excluding hydrogens is 262 g/mol. The molecule has 0 aliphatic heterocycles. The van der Waals surface area contributed by atoms with Gasteiger partial charge in [0.15, 0.2) is 0 Å². The van der Waals surface area contributed by atoms with Gasteiger partial charge in [0.2, 0.25) is 0 Å². The topological polar surface area (TPSA) is 43.9 Å². The largest absolute Gasteiger partial charge is 0.361 e. The van der Waals surface area contributed by atoms with E-state index in [2.05, 4.69) is 39.8 Å². The van der Waals surface area contributed by atoms with Crippen LogP contribution in [-0.2, 0) is 12.4 Å². The van der Waals surface area contributed by atoms with Gasteiger partial charge in [0, 0.05) is 6.07 Å². The SMILES string of the molecule is Cc1ccc2c(c1)nc(CCl)n2Cc1cc(C)on1. The number of halogens is 1. The van der Waals surface area contributed by atoms with Crippen LogP contribution in [0.25, 0.3) is 11.0 Å². The summed E-state index contributed by atoms with van der Waals surface area (Å²) in [6, 6.07) is 8.14. The molecule has 4 nitrogen and oxygen atoms in total. The Morgan fingerprint density at radius 2 is 2.11 bits per heavy atom. The molecule has 3 aromatic rings. The molecule has 19 heavy (non-hydrogen) atoms. The van der Waals surface area contributed by atoms with Crippen molar-refractivity contribution in [1.82, 2.24) is 14.7 Å². The number of imidazole rings is 1. The molecule has 0 amide bonds. The van der Waals surface area contributed by atoms with Crippen molar-refractivity contribution >= 4 is 22.6 Å². The molecule has 0 saturated heterocycles. The second kappa shape index (κ2) is 4.70. The number of alkyl halides is 1. The molecule has 0 bridgehead atoms. The first-order chi connectivity index (χ1) is 9.17. The van der Waals surface area contributed by atoms with Crippen molar-refractivity contribution in [2.45, 2.75) is 26.3 Å². The summed E-state index contributed by atoms with van der Waals surface area (Å²) in [6.45, 7) is 4.56. The van der Waals surface area contributed by atoms with Crippen molar-refractivity contribution in [3.63, 3.8) is 0 Å². The van der Waals surface area contributed by atoms with Crippen molar-refractivity contribution in [2.24, 2.45) is 0 Å². The van der Waals surface area contributed by atoms with Gasteiger partial charge in [-0.25, -0.2) is 4.98 Å². The van der Waals surface area contributed by atoms with Gasteiger partial charge in [0.25, 0.3) is 0 Å². The van der Waals surface area contributed by atoms with E-state index in [1.807, 2.05) is 13.0 Å². The summed E-state index contributed by atoms with van der Waals surface area (Å²) in [5.41, 5.74) is 4.11. The Hall–Kier alpha value is -1.81. The number of aryl methyl sites for hydroxylation is 2. The Labute approximate surface area is 116 Å². The summed E-state index contributed by atoms with van der Waals surface area (Å²) in [4.78, 5) is 4.57. The molecule has 0 atom stereocenters. The molecule has 2 heterocycles. The average molecular weight is 276 g/mol. The van der Waals surface area contributed by atoms with E-state index in [-0.39, 0.29) is 0 Å². The van der Waals surface area contributed by atoms with Crippen LogP contribution in [0.15, 0.2) is 28.8 Å². The number of nitrogens with zero attached hydrogens (tertiary/aromatic N) is 3. The fraction of sp³-hybridized carbons (Fsp3) is 0.286. The van der Waals surface area contributed by atoms with Crippen LogP contribution >= 0.6 is 11.6 Å². The fourth-order valence-electron chi connectivity index (χ4n) is 2.22. The molecular formula is C14H14ClN3O. The van der Waals surface area contributed by atoms with Gasteiger partial charge in [-0.05, 0) is 31.5 Å². The van der Waals surface area contributed by atoms with E-state index in [1.165, 1.54) is 5.56 Å². The van der Waals surface area contributed by atoms with Gasteiger partial charge in [-0.3, -0.25) is 0 Å². The van der Waals surface area contributed by atoms with Gasteiger partial charge in [-0.15, -0.1) is 11.6 Å². The zero-order valence-electron chi connectivity index (χ0n) is 10.9. The van der Waals surface area contributed by atoms with Crippen molar-refractivity contribution in [2.75, 3.05) is 0 Å². The number of rotatable bonds is 3. The van der Waals surface area contributed by atoms with E-state index < -0.39 is 0 Å². The minimum atomic E-state index is 0.380. The number of hydrogen-bond donors (Lipinski definition) is 0. The maximum atomic E-state index is 5.99. The van der Waals surface area contributed by atoms with Crippen LogP contribution < -0.4 is 0 Å². The summed E-state index contributed by atoms with van der Waals surface area (Å²) in [7, 11) is 0. The quantitative estimate of drug-likeness (QED) is 0.688. The van der Waals surface area contributed by atoms with Crippen molar-refractivity contribution in [1.29, 1.82) is 0 Å². The standard InChI is InChI=1S/C14H14ClN3O/c1-9-3-4-13-12(5-9)16-14(7-15)18(13)8-11-6-10(2)19-17-11/h3-6H,7-8H2,1-2H3. The predicted octanol–water partition coefficient (Wildman–Crippen LogP) is 3.43. The molecule has 1 aromatic carbocycles. The van der Waals surface area contributed by atoms with Crippen LogP contribution in [-0.4, -0.2) is 14.7 Å². The van der Waals surface area contributed by atoms with Gasteiger partial charge >= 0.3 is 0 Å². The summed E-state index contributed by atoms with van der Waals surface area (Å²) in [5.74, 6) is 2.04. The van der Waals surface area contributed by atoms with E-state index in [4.69, 9.17) is 16.1 Å². The number of fused-ring (bicyclic) bond motifs is 1. The number of benzene rings is 1. The van der Waals surface area contributed by atoms with Gasteiger partial charge in [-0.1, -0.05) is 11.2 Å². The van der Waals surface area contributed by atoms with Crippen LogP contribution in [0, 0.1) is 13.8 Å². The Morgan fingerprint density at radius 1 is 1.26 bits per heavy atom. The zero-order valence-corrected chi connectivity index (χ0v) is 11.6. The Morgan fingerprint density at radius 3 is 2.79 bits per heavy atom. The first kappa shape index (κ1) is 12.2. The first-order valence-electron chi connectivity index (χ1n) is 6.11. The Kier molecular flexibility index (Phi) is 3.03. The summed E-state index contributed by atoms with van der Waals surface area (Å²) in [5, 5.41) is 4.02. The van der Waals surface area contributed by atoms with E-state index in [0.717, 1.165) is 28.3 Å². The highest BCUT2D eigenvalue weighted by molar-refractivity contribution is 6.16. The third-order valence-electron chi connectivity index (χ3n) is 3.10. The summed E-state index contributed by atoms with van der Waals surface area (Å²) in [6.07, 6.45) is 0. The smallest absolute Gasteiger partial charge is 0.133 e. The second-order valence-electron chi connectivity index (χ2n) is 4.67. The molecule has 0 saturated carbocycles. The zero-order chi connectivity index (χ0) is 13.4. The monoisotopic (exact) mass is 275 g/mol. The van der Waals surface area contributed by atoms with Gasteiger partial charge in [0.1, 0.15) is 17.3 Å². The van der Waals surface area contributed by atoms with E-state index in [1.54, 1.807) is 0 Å². The van der Waals surface area contributed by atoms with Crippen molar-refractivity contribution in [3.8, 4) is 0 Å². The van der Waals surface area contributed by atoms with Gasteiger partial charge in [-0.2, -0.15) is 0 Å². The van der Waals surface area contributed by atoms with E-state index >= 15 is 0 Å². The molecule has 0 unspecified atom stereocenters. The molecule has 0 aliphatic carbocycles. The highest BCUT2D eigenvalue weighted by Crippen LogP contribution is 2.20. The van der Waals surface area contributed by atoms with E-state index in [0.29, 0.717) is 12.4 Å². The Balaban J connectivity index is 2.10. The lowest BCUT2D eigenvalue weighted by Crippen LogP contribution is -2.04. The number of hydrogen-bond acceptors (Lipinski definition) is 3. The highest BCUT2D eigenvalue weighted by atomic mass is 35.5. The minimum absolute atomic E-state index is 0.380. The second-order valence-corrected chi connectivity index (χ2v) is 4.94. The predicted molar refractivity (Wildman–Crippen MR) is 74.4 cm³/mol. The molecule has 0 spiro atoms. The highest BCUT2D eigenvalue weighted by Gasteiger charge is 2.12. The molecule has 0 N–H and O–H groups in total. The summed E-state index contributed by atoms with van der Waals surface area (Å²) >= 11 is 5.99. The molecule has 0 radical (unpaired) electrons. The van der Waals surface area contributed by atoms with Crippen LogP contribution in [0.5, 0.6) is 0 Å². The average Bonchev–Trinajstić information content (AvgIpc) is 2.94. The van der Waals surface area contributed by atoms with Crippen LogP contribution in [0.1, 0.15) is 22.8 Å². The maximum Gasteiger partial charge on any atom is 0.133 e. The summed E-state index contributed by atoms with van der Waals surface area (Å²) < 4.78 is 7.18. The molecule has 0 aliphatic rings. The fourth-order valence-corrected chi connectivity index (χ4v) is 2.43. The van der Waals surface area contributed by atoms with E-state index in [9.17, 15) is 0 Å². The third-order valence-corrected chi connectivity index (χ3v) is 3.34. The first-order valence-corrected chi connectivity index (χ1v) is 6.65. The van der Waals surface area contributed by atoms with Gasteiger partial charge in [0.05, 0.1) is 23.5 Å². The molecule has 2 aromatic heterocycles. The molecule has 98 valence electrons. The van der Waals surface area contributed by atoms with Crippen molar-refractivity contribution < 1.29 is 4.52 Å². The third kappa shape index (κ3) is 2.24. The lowest BCUT2D eigenvalue weighted by Gasteiger charge is -2.04. The minimum Gasteiger partial charge on any atom is -0.361 e. The molecule has 5 heteroatoms. The van der Waals surface area contributed by atoms with Crippen LogP contribution in [0.2, 0.25) is 0 Å². The lowest BCUT2D eigenvalue weighted by molar-refractivity contribution is 0.389. The van der Waals surface area contributed by atoms with Gasteiger partial charge < -0.3 is 9.09 Å². The molecule has 0 fully saturated rings. The van der Waals surface area contributed by atoms with Crippen LogP contribution in [0.4, 0.5) is 0 Å². The molecule has 3 rings (SSSR count). The lowest BCUT2D eigenvalue weighted by atomic mass is 10.2.